The number of carbonyl (C=O) groups excluding carboxylic acids is 1. The van der Waals surface area contributed by atoms with Crippen LogP contribution >= 0.6 is 0 Å². The molecule has 0 bridgehead atoms. The molecule has 114 valence electrons. The van der Waals surface area contributed by atoms with Crippen molar-refractivity contribution < 1.29 is 28.2 Å². The zero-order chi connectivity index (χ0) is 15.6. The smallest absolute Gasteiger partial charge is 0.338 e. The van der Waals surface area contributed by atoms with Gasteiger partial charge >= 0.3 is 12.0 Å². The molecule has 1 aromatic rings. The maximum atomic E-state index is 13.6. The Kier molecular flexibility index (Phi) is 4.08. The number of hydrogen-bond donors (Lipinski definition) is 3. The SMILES string of the molecule is CC1(NC(=O)Nc2cc(C(=O)O)c(F)cc2F)CCOC1. The highest BCUT2D eigenvalue weighted by Gasteiger charge is 2.31. The summed E-state index contributed by atoms with van der Waals surface area (Å²) in [7, 11) is 0. The number of nitrogens with one attached hydrogen (secondary N) is 2. The molecular formula is C13H14F2N2O4. The van der Waals surface area contributed by atoms with Gasteiger partial charge in [-0.1, -0.05) is 0 Å². The highest BCUT2D eigenvalue weighted by Crippen LogP contribution is 2.21. The lowest BCUT2D eigenvalue weighted by atomic mass is 10.0. The van der Waals surface area contributed by atoms with Crippen LogP contribution in [0.15, 0.2) is 12.1 Å². The number of carbonyl (C=O) groups is 2. The molecule has 0 aromatic heterocycles. The number of aromatic carboxylic acids is 1. The van der Waals surface area contributed by atoms with Gasteiger partial charge in [-0.3, -0.25) is 0 Å². The number of carboxylic acids is 1. The van der Waals surface area contributed by atoms with E-state index in [4.69, 9.17) is 9.84 Å². The van der Waals surface area contributed by atoms with Crippen LogP contribution in [0.3, 0.4) is 0 Å². The van der Waals surface area contributed by atoms with Crippen LogP contribution in [-0.2, 0) is 4.74 Å². The molecule has 1 aliphatic heterocycles. The standard InChI is InChI=1S/C13H14F2N2O4/c1-13(2-3-21-6-13)17-12(20)16-10-4-7(11(18)19)8(14)5-9(10)15/h4-5H,2-3,6H2,1H3,(H,18,19)(H2,16,17,20). The van der Waals surface area contributed by atoms with Crippen LogP contribution in [-0.4, -0.2) is 35.9 Å². The van der Waals surface area contributed by atoms with E-state index in [0.29, 0.717) is 25.7 Å². The van der Waals surface area contributed by atoms with E-state index in [-0.39, 0.29) is 0 Å². The highest BCUT2D eigenvalue weighted by molar-refractivity contribution is 5.93. The second-order valence-electron chi connectivity index (χ2n) is 5.06. The van der Waals surface area contributed by atoms with Gasteiger partial charge in [0.25, 0.3) is 0 Å². The molecule has 1 atom stereocenters. The van der Waals surface area contributed by atoms with Crippen molar-refractivity contribution in [2.75, 3.05) is 18.5 Å². The van der Waals surface area contributed by atoms with Crippen molar-refractivity contribution >= 4 is 17.7 Å². The van der Waals surface area contributed by atoms with Crippen molar-refractivity contribution in [1.29, 1.82) is 0 Å². The quantitative estimate of drug-likeness (QED) is 0.796. The van der Waals surface area contributed by atoms with E-state index in [9.17, 15) is 18.4 Å². The molecule has 8 heteroatoms. The average molecular weight is 300 g/mol. The van der Waals surface area contributed by atoms with Gasteiger partial charge in [-0.25, -0.2) is 18.4 Å². The fraction of sp³-hybridized carbons (Fsp3) is 0.385. The van der Waals surface area contributed by atoms with Gasteiger partial charge in [-0.2, -0.15) is 0 Å². The lowest BCUT2D eigenvalue weighted by Gasteiger charge is -2.23. The predicted octanol–water partition coefficient (Wildman–Crippen LogP) is 1.96. The van der Waals surface area contributed by atoms with Gasteiger partial charge < -0.3 is 20.5 Å². The van der Waals surface area contributed by atoms with Crippen molar-refractivity contribution in [3.05, 3.63) is 29.3 Å². The van der Waals surface area contributed by atoms with Crippen LogP contribution in [0.25, 0.3) is 0 Å². The third-order valence-corrected chi connectivity index (χ3v) is 3.17. The zero-order valence-electron chi connectivity index (χ0n) is 11.2. The summed E-state index contributed by atoms with van der Waals surface area (Å²) in [5.41, 5.74) is -1.70. The van der Waals surface area contributed by atoms with Gasteiger partial charge in [0.1, 0.15) is 11.6 Å². The van der Waals surface area contributed by atoms with E-state index in [1.807, 2.05) is 0 Å². The topological polar surface area (TPSA) is 87.7 Å². The Morgan fingerprint density at radius 2 is 2.05 bits per heavy atom. The molecule has 0 radical (unpaired) electrons. The van der Waals surface area contributed by atoms with E-state index in [1.165, 1.54) is 0 Å². The Bertz CT molecular complexity index is 586. The molecule has 1 saturated heterocycles. The van der Waals surface area contributed by atoms with Gasteiger partial charge in [-0.15, -0.1) is 0 Å². The van der Waals surface area contributed by atoms with Crippen LogP contribution in [0.4, 0.5) is 19.3 Å². The van der Waals surface area contributed by atoms with Gasteiger partial charge in [0.2, 0.25) is 0 Å². The van der Waals surface area contributed by atoms with Gasteiger partial charge in [0, 0.05) is 12.7 Å². The summed E-state index contributed by atoms with van der Waals surface area (Å²) in [6.45, 7) is 2.60. The summed E-state index contributed by atoms with van der Waals surface area (Å²) in [5, 5.41) is 13.6. The van der Waals surface area contributed by atoms with E-state index in [0.717, 1.165) is 6.07 Å². The first-order valence-corrected chi connectivity index (χ1v) is 6.20. The number of ether oxygens (including phenoxy) is 1. The van der Waals surface area contributed by atoms with Crippen LogP contribution in [0, 0.1) is 11.6 Å². The number of hydrogen-bond acceptors (Lipinski definition) is 3. The molecule has 0 saturated carbocycles. The normalized spacial score (nSPS) is 21.1. The maximum absolute atomic E-state index is 13.6. The molecule has 1 unspecified atom stereocenters. The van der Waals surface area contributed by atoms with E-state index >= 15 is 0 Å². The Balaban J connectivity index is 2.13. The summed E-state index contributed by atoms with van der Waals surface area (Å²) >= 11 is 0. The summed E-state index contributed by atoms with van der Waals surface area (Å²) in [6.07, 6.45) is 0.604. The van der Waals surface area contributed by atoms with Gasteiger partial charge in [0.15, 0.2) is 0 Å². The number of benzene rings is 1. The molecule has 2 rings (SSSR count). The maximum Gasteiger partial charge on any atom is 0.338 e. The Morgan fingerprint density at radius 1 is 1.33 bits per heavy atom. The second-order valence-corrected chi connectivity index (χ2v) is 5.06. The van der Waals surface area contributed by atoms with E-state index in [2.05, 4.69) is 10.6 Å². The number of rotatable bonds is 3. The first kappa shape index (κ1) is 15.2. The lowest BCUT2D eigenvalue weighted by Crippen LogP contribution is -2.48. The zero-order valence-corrected chi connectivity index (χ0v) is 11.2. The highest BCUT2D eigenvalue weighted by atomic mass is 19.1. The fourth-order valence-electron chi connectivity index (χ4n) is 2.00. The predicted molar refractivity (Wildman–Crippen MR) is 69.3 cm³/mol. The first-order chi connectivity index (χ1) is 9.81. The number of urea groups is 1. The first-order valence-electron chi connectivity index (χ1n) is 6.20. The molecule has 3 N–H and O–H groups in total. The minimum atomic E-state index is -1.55. The summed E-state index contributed by atoms with van der Waals surface area (Å²) in [4.78, 5) is 22.6. The Hall–Kier alpha value is -2.22. The third-order valence-electron chi connectivity index (χ3n) is 3.17. The van der Waals surface area contributed by atoms with Crippen LogP contribution in [0.5, 0.6) is 0 Å². The molecule has 1 aliphatic rings. The molecule has 0 spiro atoms. The van der Waals surface area contributed by atoms with Gasteiger partial charge in [-0.05, 0) is 19.4 Å². The van der Waals surface area contributed by atoms with Gasteiger partial charge in [0.05, 0.1) is 23.4 Å². The molecule has 1 aromatic carbocycles. The van der Waals surface area contributed by atoms with Crippen molar-refractivity contribution in [2.45, 2.75) is 18.9 Å². The molecule has 0 aliphatic carbocycles. The van der Waals surface area contributed by atoms with Crippen molar-refractivity contribution in [2.24, 2.45) is 0 Å². The lowest BCUT2D eigenvalue weighted by molar-refractivity contribution is 0.0691. The molecule has 6 nitrogen and oxygen atoms in total. The summed E-state index contributed by atoms with van der Waals surface area (Å²) in [5.74, 6) is -3.81. The Labute approximate surface area is 119 Å². The largest absolute Gasteiger partial charge is 0.478 e. The second kappa shape index (κ2) is 5.65. The van der Waals surface area contributed by atoms with Crippen molar-refractivity contribution in [3.8, 4) is 0 Å². The van der Waals surface area contributed by atoms with Crippen molar-refractivity contribution in [1.82, 2.24) is 5.32 Å². The molecular weight excluding hydrogens is 286 g/mol. The molecule has 2 amide bonds. The number of amides is 2. The molecule has 1 fully saturated rings. The summed E-state index contributed by atoms with van der Waals surface area (Å²) in [6, 6.07) is 0.435. The summed E-state index contributed by atoms with van der Waals surface area (Å²) < 4.78 is 32.0. The van der Waals surface area contributed by atoms with Crippen LogP contribution in [0.1, 0.15) is 23.7 Å². The third kappa shape index (κ3) is 3.46. The number of halogens is 2. The van der Waals surface area contributed by atoms with Crippen LogP contribution in [0.2, 0.25) is 0 Å². The Morgan fingerprint density at radius 3 is 2.62 bits per heavy atom. The number of anilines is 1. The van der Waals surface area contributed by atoms with Crippen molar-refractivity contribution in [3.63, 3.8) is 0 Å². The molecule has 21 heavy (non-hydrogen) atoms. The minimum Gasteiger partial charge on any atom is -0.478 e. The van der Waals surface area contributed by atoms with E-state index < -0.39 is 40.4 Å². The van der Waals surface area contributed by atoms with E-state index in [1.54, 1.807) is 6.92 Å². The molecule has 1 heterocycles. The number of carboxylic acid groups (broad SMARTS) is 1. The van der Waals surface area contributed by atoms with Crippen LogP contribution < -0.4 is 10.6 Å². The fourth-order valence-corrected chi connectivity index (χ4v) is 2.00. The monoisotopic (exact) mass is 300 g/mol. The average Bonchev–Trinajstić information content (AvgIpc) is 2.78. The minimum absolute atomic E-state index is 0.326.